The van der Waals surface area contributed by atoms with E-state index in [9.17, 15) is 13.6 Å². The number of likely N-dealkylation sites (tertiary alicyclic amines) is 1. The number of ether oxygens (including phenoxy) is 1. The van der Waals surface area contributed by atoms with Crippen molar-refractivity contribution in [1.82, 2.24) is 9.88 Å². The van der Waals surface area contributed by atoms with Crippen LogP contribution in [0.1, 0.15) is 10.4 Å². The van der Waals surface area contributed by atoms with Crippen molar-refractivity contribution in [3.63, 3.8) is 0 Å². The summed E-state index contributed by atoms with van der Waals surface area (Å²) in [6.45, 7) is 0.494. The minimum atomic E-state index is -0.867. The summed E-state index contributed by atoms with van der Waals surface area (Å²) in [5, 5.41) is 0.493. The van der Waals surface area contributed by atoms with E-state index < -0.39 is 23.1 Å². The summed E-state index contributed by atoms with van der Waals surface area (Å²) in [6, 6.07) is 6.59. The second kappa shape index (κ2) is 5.88. The van der Waals surface area contributed by atoms with Gasteiger partial charge in [0.05, 0.1) is 18.1 Å². The number of hydrogen-bond acceptors (Lipinski definition) is 3. The Labute approximate surface area is 130 Å². The van der Waals surface area contributed by atoms with Crippen LogP contribution in [0.3, 0.4) is 0 Å². The molecule has 0 spiro atoms. The fourth-order valence-corrected chi connectivity index (χ4v) is 2.25. The smallest absolute Gasteiger partial charge is 0.260 e. The molecular weight excluding hydrogens is 314 g/mol. The van der Waals surface area contributed by atoms with Gasteiger partial charge in [0.25, 0.3) is 5.91 Å². The highest BCUT2D eigenvalue weighted by Crippen LogP contribution is 2.21. The number of rotatable bonds is 3. The van der Waals surface area contributed by atoms with Crippen molar-refractivity contribution in [3.05, 3.63) is 58.7 Å². The lowest BCUT2D eigenvalue weighted by Crippen LogP contribution is -2.56. The number of aromatic nitrogens is 1. The SMILES string of the molecule is O=C(c1c(F)cccc1F)N1CC(Oc2ccc(Cl)cn2)C1. The fraction of sp³-hybridized carbons (Fsp3) is 0.200. The van der Waals surface area contributed by atoms with Gasteiger partial charge in [0.2, 0.25) is 5.88 Å². The van der Waals surface area contributed by atoms with Crippen molar-refractivity contribution in [2.75, 3.05) is 13.1 Å². The van der Waals surface area contributed by atoms with Crippen LogP contribution in [-0.4, -0.2) is 35.0 Å². The fourth-order valence-electron chi connectivity index (χ4n) is 2.14. The van der Waals surface area contributed by atoms with E-state index >= 15 is 0 Å². The molecule has 1 amide bonds. The van der Waals surface area contributed by atoms with Crippen LogP contribution in [0.25, 0.3) is 0 Å². The molecule has 7 heteroatoms. The highest BCUT2D eigenvalue weighted by Gasteiger charge is 2.35. The molecule has 114 valence electrons. The Kier molecular flexibility index (Phi) is 3.94. The van der Waals surface area contributed by atoms with Crippen LogP contribution >= 0.6 is 11.6 Å². The van der Waals surface area contributed by atoms with Gasteiger partial charge in [-0.2, -0.15) is 0 Å². The van der Waals surface area contributed by atoms with Crippen LogP contribution in [0.15, 0.2) is 36.5 Å². The van der Waals surface area contributed by atoms with Crippen molar-refractivity contribution in [2.24, 2.45) is 0 Å². The molecule has 0 N–H and O–H groups in total. The Morgan fingerprint density at radius 2 is 1.91 bits per heavy atom. The van der Waals surface area contributed by atoms with Crippen molar-refractivity contribution >= 4 is 17.5 Å². The standard InChI is InChI=1S/C15H11ClF2N2O2/c16-9-4-5-13(19-6-9)22-10-7-20(8-10)15(21)14-11(17)2-1-3-12(14)18/h1-6,10H,7-8H2. The summed E-state index contributed by atoms with van der Waals surface area (Å²) in [5.41, 5.74) is -0.537. The van der Waals surface area contributed by atoms with Gasteiger partial charge in [-0.25, -0.2) is 13.8 Å². The summed E-state index contributed by atoms with van der Waals surface area (Å²) in [7, 11) is 0. The zero-order valence-electron chi connectivity index (χ0n) is 11.3. The summed E-state index contributed by atoms with van der Waals surface area (Å²) in [5.74, 6) is -2.03. The van der Waals surface area contributed by atoms with E-state index in [4.69, 9.17) is 16.3 Å². The first-order valence-corrected chi connectivity index (χ1v) is 6.94. The number of benzene rings is 1. The second-order valence-corrected chi connectivity index (χ2v) is 5.30. The van der Waals surface area contributed by atoms with Gasteiger partial charge < -0.3 is 9.64 Å². The van der Waals surface area contributed by atoms with Crippen LogP contribution in [-0.2, 0) is 0 Å². The summed E-state index contributed by atoms with van der Waals surface area (Å²) in [4.78, 5) is 17.4. The van der Waals surface area contributed by atoms with Crippen LogP contribution in [0.4, 0.5) is 8.78 Å². The molecule has 1 aliphatic heterocycles. The molecule has 1 fully saturated rings. The Balaban J connectivity index is 1.61. The topological polar surface area (TPSA) is 42.4 Å². The zero-order valence-corrected chi connectivity index (χ0v) is 12.1. The van der Waals surface area contributed by atoms with E-state index in [1.165, 1.54) is 17.2 Å². The largest absolute Gasteiger partial charge is 0.471 e. The summed E-state index contributed by atoms with van der Waals surface area (Å²) < 4.78 is 32.7. The maximum Gasteiger partial charge on any atom is 0.260 e. The van der Waals surface area contributed by atoms with Gasteiger partial charge in [0.15, 0.2) is 0 Å². The average Bonchev–Trinajstić information content (AvgIpc) is 2.44. The lowest BCUT2D eigenvalue weighted by Gasteiger charge is -2.38. The molecule has 0 bridgehead atoms. The number of carbonyl (C=O) groups is 1. The number of hydrogen-bond donors (Lipinski definition) is 0. The molecule has 22 heavy (non-hydrogen) atoms. The van der Waals surface area contributed by atoms with Gasteiger partial charge >= 0.3 is 0 Å². The number of nitrogens with zero attached hydrogens (tertiary/aromatic N) is 2. The van der Waals surface area contributed by atoms with Crippen LogP contribution in [0, 0.1) is 11.6 Å². The summed E-state index contributed by atoms with van der Waals surface area (Å²) in [6.07, 6.45) is 1.19. The molecule has 0 atom stereocenters. The lowest BCUT2D eigenvalue weighted by molar-refractivity contribution is 0.0153. The van der Waals surface area contributed by atoms with E-state index in [2.05, 4.69) is 4.98 Å². The first kappa shape index (κ1) is 14.7. The van der Waals surface area contributed by atoms with Gasteiger partial charge in [-0.3, -0.25) is 4.79 Å². The Hall–Kier alpha value is -2.21. The number of pyridine rings is 1. The van der Waals surface area contributed by atoms with Crippen LogP contribution in [0.5, 0.6) is 5.88 Å². The quantitative estimate of drug-likeness (QED) is 0.872. The molecule has 0 saturated carbocycles. The number of carbonyl (C=O) groups excluding carboxylic acids is 1. The molecule has 3 rings (SSSR count). The van der Waals surface area contributed by atoms with Crippen molar-refractivity contribution in [3.8, 4) is 5.88 Å². The molecule has 1 aliphatic rings. The van der Waals surface area contributed by atoms with Crippen molar-refractivity contribution < 1.29 is 18.3 Å². The molecular formula is C15H11ClF2N2O2. The van der Waals surface area contributed by atoms with Crippen molar-refractivity contribution in [1.29, 1.82) is 0 Å². The molecule has 1 aromatic carbocycles. The van der Waals surface area contributed by atoms with Crippen LogP contribution in [0.2, 0.25) is 5.02 Å². The molecule has 1 saturated heterocycles. The molecule has 0 unspecified atom stereocenters. The predicted molar refractivity (Wildman–Crippen MR) is 75.9 cm³/mol. The van der Waals surface area contributed by atoms with Gasteiger partial charge in [-0.1, -0.05) is 17.7 Å². The number of amides is 1. The normalized spacial score (nSPS) is 14.6. The van der Waals surface area contributed by atoms with E-state index in [0.29, 0.717) is 10.9 Å². The predicted octanol–water partition coefficient (Wildman–Crippen LogP) is 2.92. The average molecular weight is 325 g/mol. The Morgan fingerprint density at radius 3 is 2.50 bits per heavy atom. The first-order valence-electron chi connectivity index (χ1n) is 6.56. The zero-order chi connectivity index (χ0) is 15.7. The third-order valence-electron chi connectivity index (χ3n) is 3.30. The van der Waals surface area contributed by atoms with E-state index in [-0.39, 0.29) is 19.2 Å². The van der Waals surface area contributed by atoms with Crippen molar-refractivity contribution in [2.45, 2.75) is 6.10 Å². The third-order valence-corrected chi connectivity index (χ3v) is 3.52. The maximum absolute atomic E-state index is 13.6. The first-order chi connectivity index (χ1) is 10.5. The number of halogens is 3. The van der Waals surface area contributed by atoms with Gasteiger partial charge in [-0.05, 0) is 18.2 Å². The maximum atomic E-state index is 13.6. The monoisotopic (exact) mass is 324 g/mol. The highest BCUT2D eigenvalue weighted by molar-refractivity contribution is 6.30. The van der Waals surface area contributed by atoms with E-state index in [0.717, 1.165) is 12.1 Å². The molecule has 2 aromatic rings. The molecule has 4 nitrogen and oxygen atoms in total. The van der Waals surface area contributed by atoms with E-state index in [1.807, 2.05) is 0 Å². The van der Waals surface area contributed by atoms with Gasteiger partial charge in [0.1, 0.15) is 23.3 Å². The van der Waals surface area contributed by atoms with Gasteiger partial charge in [0, 0.05) is 12.3 Å². The van der Waals surface area contributed by atoms with E-state index in [1.54, 1.807) is 12.1 Å². The molecule has 0 radical (unpaired) electrons. The minimum absolute atomic E-state index is 0.247. The third kappa shape index (κ3) is 2.87. The minimum Gasteiger partial charge on any atom is -0.471 e. The summed E-state index contributed by atoms with van der Waals surface area (Å²) >= 11 is 5.72. The van der Waals surface area contributed by atoms with Gasteiger partial charge in [-0.15, -0.1) is 0 Å². The molecule has 0 aliphatic carbocycles. The lowest BCUT2D eigenvalue weighted by atomic mass is 10.1. The molecule has 2 heterocycles. The highest BCUT2D eigenvalue weighted by atomic mass is 35.5. The van der Waals surface area contributed by atoms with Crippen LogP contribution < -0.4 is 4.74 Å². The second-order valence-electron chi connectivity index (χ2n) is 4.86. The molecule has 1 aromatic heterocycles. The Morgan fingerprint density at radius 1 is 1.23 bits per heavy atom. The Bertz CT molecular complexity index is 683.